The van der Waals surface area contributed by atoms with Gasteiger partial charge in [-0.3, -0.25) is 8.98 Å². The molecule has 0 aliphatic carbocycles. The van der Waals surface area contributed by atoms with E-state index in [9.17, 15) is 26.4 Å². The molecule has 2 saturated heterocycles. The fourth-order valence-corrected chi connectivity index (χ4v) is 11.2. The number of alkyl halides is 3. The molecule has 0 radical (unpaired) electrons. The summed E-state index contributed by atoms with van der Waals surface area (Å²) < 4.78 is 84.4. The van der Waals surface area contributed by atoms with Gasteiger partial charge < -0.3 is 13.6 Å². The van der Waals surface area contributed by atoms with Crippen molar-refractivity contribution >= 4 is 36.4 Å². The summed E-state index contributed by atoms with van der Waals surface area (Å²) in [5.41, 5.74) is -6.88. The van der Waals surface area contributed by atoms with Crippen LogP contribution >= 0.6 is 11.8 Å². The fraction of sp³-hybridized carbons (Fsp3) is 0.938. The summed E-state index contributed by atoms with van der Waals surface area (Å²) in [4.78, 5) is 11.4. The van der Waals surface area contributed by atoms with Crippen molar-refractivity contribution in [2.45, 2.75) is 86.9 Å². The van der Waals surface area contributed by atoms with Gasteiger partial charge in [0.25, 0.3) is 0 Å². The van der Waals surface area contributed by atoms with Crippen LogP contribution in [0.3, 0.4) is 0 Å². The Hall–Kier alpha value is -0.343. The van der Waals surface area contributed by atoms with Gasteiger partial charge in [0.05, 0.1) is 18.0 Å². The lowest BCUT2D eigenvalue weighted by Gasteiger charge is -2.53. The Kier molecular flexibility index (Phi) is 6.58. The van der Waals surface area contributed by atoms with Gasteiger partial charge in [-0.25, -0.2) is 0 Å². The van der Waals surface area contributed by atoms with Gasteiger partial charge in [0.1, 0.15) is 6.10 Å². The molecule has 0 bridgehead atoms. The van der Waals surface area contributed by atoms with E-state index in [4.69, 9.17) is 13.6 Å². The standard InChI is InChI=1S/C16H27F3O7S2Si/c1-9(20)24-13-12(25-28(21,22)16(17,18)19)11-10(27-13)8-23-29(26-11,14(2,3)4)15(5,6)7/h10-13H,8H2,1-7H3/t10-,11-,12-,13?/m1/s1. The summed E-state index contributed by atoms with van der Waals surface area (Å²) in [6.07, 6.45) is -2.68. The monoisotopic (exact) mass is 480 g/mol. The topological polar surface area (TPSA) is 88.1 Å². The smallest absolute Gasteiger partial charge is 0.448 e. The van der Waals surface area contributed by atoms with Crippen molar-refractivity contribution in [3.05, 3.63) is 0 Å². The van der Waals surface area contributed by atoms with Crippen molar-refractivity contribution in [1.82, 2.24) is 0 Å². The van der Waals surface area contributed by atoms with E-state index in [0.717, 1.165) is 18.7 Å². The maximum absolute atomic E-state index is 12.9. The summed E-state index contributed by atoms with van der Waals surface area (Å²) in [5, 5.41) is -1.50. The molecule has 1 unspecified atom stereocenters. The lowest BCUT2D eigenvalue weighted by Crippen LogP contribution is -2.65. The Bertz CT molecular complexity index is 729. The number of hydrogen-bond donors (Lipinski definition) is 0. The van der Waals surface area contributed by atoms with Gasteiger partial charge in [-0.05, 0) is 0 Å². The molecule has 0 aromatic rings. The van der Waals surface area contributed by atoms with Crippen LogP contribution in [0.25, 0.3) is 0 Å². The third kappa shape index (κ3) is 4.64. The summed E-state index contributed by atoms with van der Waals surface area (Å²) in [6, 6.07) is 0. The number of fused-ring (bicyclic) bond motifs is 1. The van der Waals surface area contributed by atoms with E-state index < -0.39 is 63.1 Å². The molecule has 13 heteroatoms. The molecule has 0 aromatic carbocycles. The van der Waals surface area contributed by atoms with Gasteiger partial charge in [-0.1, -0.05) is 41.5 Å². The van der Waals surface area contributed by atoms with Crippen molar-refractivity contribution in [3.63, 3.8) is 0 Å². The first-order chi connectivity index (χ1) is 12.8. The zero-order valence-corrected chi connectivity index (χ0v) is 20.0. The van der Waals surface area contributed by atoms with Crippen molar-refractivity contribution in [1.29, 1.82) is 0 Å². The molecule has 0 amide bonds. The highest BCUT2D eigenvalue weighted by molar-refractivity contribution is 8.00. The number of carbonyl (C=O) groups excluding carboxylic acids is 1. The summed E-state index contributed by atoms with van der Waals surface area (Å²) in [5.74, 6) is -0.768. The van der Waals surface area contributed by atoms with E-state index in [1.807, 2.05) is 41.5 Å². The number of esters is 1. The average Bonchev–Trinajstić information content (AvgIpc) is 2.79. The van der Waals surface area contributed by atoms with Crippen molar-refractivity contribution in [3.8, 4) is 0 Å². The highest BCUT2D eigenvalue weighted by atomic mass is 32.2. The number of rotatable bonds is 3. The largest absolute Gasteiger partial charge is 0.523 e. The molecule has 2 aliphatic heterocycles. The maximum atomic E-state index is 12.9. The number of carbonyl (C=O) groups is 1. The minimum absolute atomic E-state index is 0.125. The lowest BCUT2D eigenvalue weighted by molar-refractivity contribution is -0.147. The molecule has 2 heterocycles. The zero-order valence-electron chi connectivity index (χ0n) is 17.3. The van der Waals surface area contributed by atoms with Crippen molar-refractivity contribution in [2.75, 3.05) is 6.61 Å². The van der Waals surface area contributed by atoms with Crippen LogP contribution in [0.5, 0.6) is 0 Å². The number of halogens is 3. The Labute approximate surface area is 174 Å². The second-order valence-electron chi connectivity index (χ2n) is 9.12. The highest BCUT2D eigenvalue weighted by Gasteiger charge is 2.66. The quantitative estimate of drug-likeness (QED) is 0.262. The Morgan fingerprint density at radius 2 is 1.62 bits per heavy atom. The van der Waals surface area contributed by atoms with Gasteiger partial charge >= 0.3 is 30.2 Å². The minimum atomic E-state index is -5.92. The third-order valence-electron chi connectivity index (χ3n) is 4.80. The Morgan fingerprint density at radius 3 is 2.03 bits per heavy atom. The zero-order chi connectivity index (χ0) is 22.6. The molecule has 0 aromatic heterocycles. The fourth-order valence-electron chi connectivity index (χ4n) is 3.87. The first-order valence-electron chi connectivity index (χ1n) is 8.96. The van der Waals surface area contributed by atoms with Crippen molar-refractivity contribution in [2.24, 2.45) is 0 Å². The second kappa shape index (κ2) is 7.66. The lowest BCUT2D eigenvalue weighted by atomic mass is 10.1. The van der Waals surface area contributed by atoms with Crippen LogP contribution in [0, 0.1) is 0 Å². The first-order valence-corrected chi connectivity index (χ1v) is 13.1. The minimum Gasteiger partial charge on any atom is -0.448 e. The summed E-state index contributed by atoms with van der Waals surface area (Å²) in [7, 11) is -9.03. The molecule has 29 heavy (non-hydrogen) atoms. The summed E-state index contributed by atoms with van der Waals surface area (Å²) in [6.45, 7) is 12.7. The number of hydrogen-bond acceptors (Lipinski definition) is 8. The van der Waals surface area contributed by atoms with Crippen LogP contribution in [0.4, 0.5) is 13.2 Å². The highest BCUT2D eigenvalue weighted by Crippen LogP contribution is 2.57. The second-order valence-corrected chi connectivity index (χ2v) is 16.8. The predicted octanol–water partition coefficient (Wildman–Crippen LogP) is 3.68. The molecule has 0 saturated carbocycles. The molecule has 4 atom stereocenters. The van der Waals surface area contributed by atoms with E-state index in [2.05, 4.69) is 4.18 Å². The van der Waals surface area contributed by atoms with Crippen molar-refractivity contribution < 1.29 is 44.2 Å². The number of thioether (sulfide) groups is 1. The van der Waals surface area contributed by atoms with E-state index >= 15 is 0 Å². The van der Waals surface area contributed by atoms with E-state index in [1.165, 1.54) is 0 Å². The molecule has 0 N–H and O–H groups in total. The third-order valence-corrected chi connectivity index (χ3v) is 12.4. The first kappa shape index (κ1) is 24.9. The van der Waals surface area contributed by atoms with E-state index in [1.54, 1.807) is 0 Å². The molecule has 170 valence electrons. The average molecular weight is 481 g/mol. The van der Waals surface area contributed by atoms with Crippen LogP contribution in [0.15, 0.2) is 0 Å². The Balaban J connectivity index is 2.47. The van der Waals surface area contributed by atoms with Crippen LogP contribution in [-0.2, 0) is 32.7 Å². The van der Waals surface area contributed by atoms with Gasteiger partial charge in [-0.2, -0.15) is 21.6 Å². The van der Waals surface area contributed by atoms with E-state index in [-0.39, 0.29) is 6.61 Å². The number of ether oxygens (including phenoxy) is 1. The van der Waals surface area contributed by atoms with Crippen LogP contribution in [-0.4, -0.2) is 58.0 Å². The molecule has 2 fully saturated rings. The van der Waals surface area contributed by atoms with Gasteiger partial charge in [0, 0.05) is 17.0 Å². The van der Waals surface area contributed by atoms with Gasteiger partial charge in [0.2, 0.25) is 0 Å². The SMILES string of the molecule is CC(=O)OC1S[C@@H]2CO[Si](C(C)(C)C)(C(C)(C)C)O[C@H]2[C@H]1OS(=O)(=O)C(F)(F)F. The molecular weight excluding hydrogens is 453 g/mol. The van der Waals surface area contributed by atoms with Crippen LogP contribution < -0.4 is 0 Å². The normalized spacial score (nSPS) is 30.7. The van der Waals surface area contributed by atoms with Gasteiger partial charge in [0.15, 0.2) is 5.44 Å². The molecule has 7 nitrogen and oxygen atoms in total. The van der Waals surface area contributed by atoms with E-state index in [0.29, 0.717) is 0 Å². The maximum Gasteiger partial charge on any atom is 0.523 e. The molecule has 2 rings (SSSR count). The van der Waals surface area contributed by atoms with Gasteiger partial charge in [-0.15, -0.1) is 11.8 Å². The molecular formula is C16H27F3O7S2Si. The van der Waals surface area contributed by atoms with Crippen LogP contribution in [0.1, 0.15) is 48.5 Å². The molecule has 0 spiro atoms. The predicted molar refractivity (Wildman–Crippen MR) is 103 cm³/mol. The Morgan fingerprint density at radius 1 is 1.10 bits per heavy atom. The van der Waals surface area contributed by atoms with Crippen LogP contribution in [0.2, 0.25) is 10.1 Å². The molecule has 2 aliphatic rings. The summed E-state index contributed by atoms with van der Waals surface area (Å²) >= 11 is 0.977.